The van der Waals surface area contributed by atoms with Gasteiger partial charge < -0.3 is 15.5 Å². The molecule has 0 saturated carbocycles. The first-order valence-corrected chi connectivity index (χ1v) is 11.0. The number of carbonyl (C=O) groups is 3. The van der Waals surface area contributed by atoms with Crippen molar-refractivity contribution in [2.24, 2.45) is 0 Å². The van der Waals surface area contributed by atoms with Gasteiger partial charge in [-0.2, -0.15) is 4.31 Å². The van der Waals surface area contributed by atoms with Crippen molar-refractivity contribution < 1.29 is 33.0 Å². The van der Waals surface area contributed by atoms with E-state index in [1.165, 1.54) is 23.4 Å². The molecule has 0 unspecified atom stereocenters. The highest BCUT2D eigenvalue weighted by Gasteiger charge is 2.28. The second-order valence-electron chi connectivity index (χ2n) is 6.86. The summed E-state index contributed by atoms with van der Waals surface area (Å²) < 4.78 is 27.1. The Morgan fingerprint density at radius 3 is 2.06 bits per heavy atom. The maximum absolute atomic E-state index is 12.8. The summed E-state index contributed by atoms with van der Waals surface area (Å²) in [4.78, 5) is 35.8. The Hall–Kier alpha value is -3.35. The molecule has 2 aromatic rings. The highest BCUT2D eigenvalue weighted by molar-refractivity contribution is 7.89. The van der Waals surface area contributed by atoms with Gasteiger partial charge in [-0.1, -0.05) is 6.07 Å². The smallest absolute Gasteiger partial charge is 0.414 e. The first-order chi connectivity index (χ1) is 15.1. The molecule has 1 aromatic heterocycles. The van der Waals surface area contributed by atoms with Crippen LogP contribution < -0.4 is 5.32 Å². The summed E-state index contributed by atoms with van der Waals surface area (Å²) in [5.74, 6) is -3.84. The van der Waals surface area contributed by atoms with Crippen molar-refractivity contribution in [3.63, 3.8) is 0 Å². The van der Waals surface area contributed by atoms with Crippen LogP contribution in [-0.4, -0.2) is 76.8 Å². The lowest BCUT2D eigenvalue weighted by Gasteiger charge is -2.33. The normalized spacial score (nSPS) is 14.7. The summed E-state index contributed by atoms with van der Waals surface area (Å²) in [6.45, 7) is 4.45. The molecular formula is C20H24N4O7S. The number of aromatic nitrogens is 1. The summed E-state index contributed by atoms with van der Waals surface area (Å²) in [6.07, 6.45) is 3.57. The minimum Gasteiger partial charge on any atom is -0.473 e. The van der Waals surface area contributed by atoms with Crippen molar-refractivity contribution >= 4 is 33.6 Å². The predicted octanol–water partition coefficient (Wildman–Crippen LogP) is 0.702. The minimum atomic E-state index is -3.52. The SMILES string of the molecule is CC(=O)Nc1ccc(S(=O)(=O)N2CCN(Cc3cccnc3)CC2)cc1.O=C(O)C(=O)O. The van der Waals surface area contributed by atoms with Crippen LogP contribution in [0.2, 0.25) is 0 Å². The number of aliphatic carboxylic acids is 2. The van der Waals surface area contributed by atoms with E-state index >= 15 is 0 Å². The first kappa shape index (κ1) is 24.9. The van der Waals surface area contributed by atoms with Gasteiger partial charge in [0, 0.05) is 57.7 Å². The molecule has 0 spiro atoms. The molecule has 1 aliphatic heterocycles. The van der Waals surface area contributed by atoms with Crippen LogP contribution in [0.15, 0.2) is 53.7 Å². The van der Waals surface area contributed by atoms with Gasteiger partial charge in [0.05, 0.1) is 4.90 Å². The molecule has 3 N–H and O–H groups in total. The standard InChI is InChI=1S/C18H22N4O3S.C2H2O4/c1-15(23)20-17-4-6-18(7-5-17)26(24,25)22-11-9-21(10-12-22)14-16-3-2-8-19-13-16;3-1(4)2(5)6/h2-8,13H,9-12,14H2,1H3,(H,20,23);(H,3,4)(H,5,6). The molecule has 0 bridgehead atoms. The molecule has 172 valence electrons. The number of piperazine rings is 1. The van der Waals surface area contributed by atoms with E-state index in [2.05, 4.69) is 15.2 Å². The average Bonchev–Trinajstić information content (AvgIpc) is 2.75. The molecule has 0 atom stereocenters. The highest BCUT2D eigenvalue weighted by atomic mass is 32.2. The molecule has 1 amide bonds. The first-order valence-electron chi connectivity index (χ1n) is 9.55. The lowest BCUT2D eigenvalue weighted by molar-refractivity contribution is -0.159. The molecule has 1 aliphatic rings. The van der Waals surface area contributed by atoms with E-state index in [9.17, 15) is 13.2 Å². The molecule has 0 aliphatic carbocycles. The molecule has 2 heterocycles. The van der Waals surface area contributed by atoms with E-state index in [4.69, 9.17) is 19.8 Å². The van der Waals surface area contributed by atoms with E-state index in [0.717, 1.165) is 12.1 Å². The van der Waals surface area contributed by atoms with Gasteiger partial charge in [-0.25, -0.2) is 18.0 Å². The Morgan fingerprint density at radius 2 is 1.59 bits per heavy atom. The van der Waals surface area contributed by atoms with Crippen LogP contribution in [0.5, 0.6) is 0 Å². The summed E-state index contributed by atoms with van der Waals surface area (Å²) in [7, 11) is -3.52. The van der Waals surface area contributed by atoms with Gasteiger partial charge >= 0.3 is 11.9 Å². The Balaban J connectivity index is 0.000000534. The zero-order valence-electron chi connectivity index (χ0n) is 17.3. The van der Waals surface area contributed by atoms with Crippen LogP contribution in [0.25, 0.3) is 0 Å². The predicted molar refractivity (Wildman–Crippen MR) is 114 cm³/mol. The van der Waals surface area contributed by atoms with Crippen LogP contribution >= 0.6 is 0 Å². The number of hydrogen-bond donors (Lipinski definition) is 3. The number of carbonyl (C=O) groups excluding carboxylic acids is 1. The van der Waals surface area contributed by atoms with Crippen LogP contribution in [0.1, 0.15) is 12.5 Å². The number of nitrogens with one attached hydrogen (secondary N) is 1. The molecule has 12 heteroatoms. The van der Waals surface area contributed by atoms with E-state index in [1.807, 2.05) is 18.3 Å². The van der Waals surface area contributed by atoms with Gasteiger partial charge in [-0.3, -0.25) is 14.7 Å². The van der Waals surface area contributed by atoms with Crippen LogP contribution in [0.3, 0.4) is 0 Å². The zero-order valence-corrected chi connectivity index (χ0v) is 18.2. The molecule has 1 aromatic carbocycles. The van der Waals surface area contributed by atoms with Gasteiger partial charge in [-0.15, -0.1) is 0 Å². The molecule has 1 fully saturated rings. The van der Waals surface area contributed by atoms with Crippen molar-refractivity contribution in [2.75, 3.05) is 31.5 Å². The molecule has 11 nitrogen and oxygen atoms in total. The molecule has 32 heavy (non-hydrogen) atoms. The lowest BCUT2D eigenvalue weighted by atomic mass is 10.2. The van der Waals surface area contributed by atoms with Gasteiger partial charge in [0.15, 0.2) is 0 Å². The van der Waals surface area contributed by atoms with Crippen molar-refractivity contribution in [3.05, 3.63) is 54.4 Å². The highest BCUT2D eigenvalue weighted by Crippen LogP contribution is 2.20. The third-order valence-electron chi connectivity index (χ3n) is 4.46. The van der Waals surface area contributed by atoms with Gasteiger partial charge in [-0.05, 0) is 35.9 Å². The summed E-state index contributed by atoms with van der Waals surface area (Å²) in [5.41, 5.74) is 1.70. The van der Waals surface area contributed by atoms with Crippen molar-refractivity contribution in [3.8, 4) is 0 Å². The number of pyridine rings is 1. The van der Waals surface area contributed by atoms with Gasteiger partial charge in [0.2, 0.25) is 15.9 Å². The number of amides is 1. The largest absolute Gasteiger partial charge is 0.473 e. The number of carboxylic acids is 2. The van der Waals surface area contributed by atoms with E-state index < -0.39 is 22.0 Å². The topological polar surface area (TPSA) is 157 Å². The number of nitrogens with zero attached hydrogens (tertiary/aromatic N) is 3. The minimum absolute atomic E-state index is 0.189. The molecule has 0 radical (unpaired) electrons. The number of carboxylic acid groups (broad SMARTS) is 2. The monoisotopic (exact) mass is 464 g/mol. The Bertz CT molecular complexity index is 1020. The van der Waals surface area contributed by atoms with E-state index in [1.54, 1.807) is 18.3 Å². The zero-order chi connectivity index (χ0) is 23.7. The number of benzene rings is 1. The fraction of sp³-hybridized carbons (Fsp3) is 0.300. The average molecular weight is 465 g/mol. The van der Waals surface area contributed by atoms with E-state index in [-0.39, 0.29) is 10.8 Å². The molecular weight excluding hydrogens is 440 g/mol. The van der Waals surface area contributed by atoms with Gasteiger partial charge in [0.1, 0.15) is 0 Å². The van der Waals surface area contributed by atoms with Crippen LogP contribution in [0.4, 0.5) is 5.69 Å². The van der Waals surface area contributed by atoms with Crippen molar-refractivity contribution in [1.82, 2.24) is 14.2 Å². The number of rotatable bonds is 5. The maximum Gasteiger partial charge on any atom is 0.414 e. The second kappa shape index (κ2) is 11.3. The Kier molecular flexibility index (Phi) is 8.81. The van der Waals surface area contributed by atoms with Crippen molar-refractivity contribution in [1.29, 1.82) is 0 Å². The fourth-order valence-corrected chi connectivity index (χ4v) is 4.36. The summed E-state index contributed by atoms with van der Waals surface area (Å²) in [6, 6.07) is 10.2. The maximum atomic E-state index is 12.8. The lowest BCUT2D eigenvalue weighted by Crippen LogP contribution is -2.48. The van der Waals surface area contributed by atoms with Crippen LogP contribution in [0, 0.1) is 0 Å². The van der Waals surface area contributed by atoms with Gasteiger partial charge in [0.25, 0.3) is 0 Å². The van der Waals surface area contributed by atoms with E-state index in [0.29, 0.717) is 31.9 Å². The second-order valence-corrected chi connectivity index (χ2v) is 8.80. The molecule has 1 saturated heterocycles. The quantitative estimate of drug-likeness (QED) is 0.542. The number of hydrogen-bond acceptors (Lipinski definition) is 7. The summed E-state index contributed by atoms with van der Waals surface area (Å²) >= 11 is 0. The Morgan fingerprint density at radius 1 is 1.00 bits per heavy atom. The summed E-state index contributed by atoms with van der Waals surface area (Å²) in [5, 5.41) is 17.4. The third kappa shape index (κ3) is 7.41. The fourth-order valence-electron chi connectivity index (χ4n) is 2.94. The number of anilines is 1. The number of sulfonamides is 1. The van der Waals surface area contributed by atoms with Crippen molar-refractivity contribution in [2.45, 2.75) is 18.4 Å². The Labute approximate surface area is 185 Å². The third-order valence-corrected chi connectivity index (χ3v) is 6.37. The van der Waals surface area contributed by atoms with Crippen LogP contribution in [-0.2, 0) is 31.0 Å². The molecule has 3 rings (SSSR count).